The van der Waals surface area contributed by atoms with Crippen molar-refractivity contribution in [1.29, 1.82) is 5.41 Å². The van der Waals surface area contributed by atoms with E-state index in [1.807, 2.05) is 24.3 Å². The zero-order chi connectivity index (χ0) is 15.7. The molecule has 1 aromatic carbocycles. The Labute approximate surface area is 128 Å². The highest BCUT2D eigenvalue weighted by Crippen LogP contribution is 2.13. The minimum atomic E-state index is 0.0869. The standard InChI is InChI=1S/C17H29N3O/c1-4-14(5-2)13-20(6-3)11-12-21-16-9-7-15(8-10-16)17(18)19/h7-10,14H,4-6,11-13H2,1-3H3,(H3,18,19). The second kappa shape index (κ2) is 9.40. The van der Waals surface area contributed by atoms with Crippen LogP contribution < -0.4 is 10.5 Å². The summed E-state index contributed by atoms with van der Waals surface area (Å²) in [6.45, 7) is 10.6. The van der Waals surface area contributed by atoms with Crippen LogP contribution in [0.15, 0.2) is 24.3 Å². The smallest absolute Gasteiger partial charge is 0.122 e. The van der Waals surface area contributed by atoms with E-state index < -0.39 is 0 Å². The Morgan fingerprint density at radius 3 is 2.29 bits per heavy atom. The van der Waals surface area contributed by atoms with Crippen LogP contribution in [0.25, 0.3) is 0 Å². The molecule has 0 aromatic heterocycles. The first-order valence-corrected chi connectivity index (χ1v) is 7.90. The van der Waals surface area contributed by atoms with Crippen LogP contribution in [-0.4, -0.2) is 37.0 Å². The van der Waals surface area contributed by atoms with E-state index in [-0.39, 0.29) is 5.84 Å². The summed E-state index contributed by atoms with van der Waals surface area (Å²) >= 11 is 0. The maximum Gasteiger partial charge on any atom is 0.122 e. The van der Waals surface area contributed by atoms with Gasteiger partial charge in [0.2, 0.25) is 0 Å². The van der Waals surface area contributed by atoms with E-state index in [0.717, 1.165) is 36.9 Å². The monoisotopic (exact) mass is 291 g/mol. The highest BCUT2D eigenvalue weighted by molar-refractivity contribution is 5.94. The molecule has 1 rings (SSSR count). The molecule has 0 aliphatic carbocycles. The molecule has 0 spiro atoms. The van der Waals surface area contributed by atoms with Crippen molar-refractivity contribution in [2.75, 3.05) is 26.2 Å². The van der Waals surface area contributed by atoms with Gasteiger partial charge in [0.1, 0.15) is 18.2 Å². The molecule has 118 valence electrons. The van der Waals surface area contributed by atoms with Crippen molar-refractivity contribution < 1.29 is 4.74 Å². The van der Waals surface area contributed by atoms with Crippen LogP contribution in [0, 0.1) is 11.3 Å². The predicted octanol–water partition coefficient (Wildman–Crippen LogP) is 3.11. The fourth-order valence-corrected chi connectivity index (χ4v) is 2.31. The van der Waals surface area contributed by atoms with Crippen molar-refractivity contribution in [3.8, 4) is 5.75 Å². The van der Waals surface area contributed by atoms with Gasteiger partial charge in [-0.25, -0.2) is 0 Å². The lowest BCUT2D eigenvalue weighted by atomic mass is 10.0. The fourth-order valence-electron chi connectivity index (χ4n) is 2.31. The molecule has 4 heteroatoms. The van der Waals surface area contributed by atoms with E-state index in [1.165, 1.54) is 12.8 Å². The minimum Gasteiger partial charge on any atom is -0.492 e. The van der Waals surface area contributed by atoms with E-state index in [0.29, 0.717) is 6.61 Å². The number of nitrogens with one attached hydrogen (secondary N) is 1. The Balaban J connectivity index is 2.38. The molecule has 3 N–H and O–H groups in total. The molecule has 0 bridgehead atoms. The normalized spacial score (nSPS) is 11.1. The Hall–Kier alpha value is -1.55. The Kier molecular flexibility index (Phi) is 7.83. The van der Waals surface area contributed by atoms with Gasteiger partial charge in [-0.2, -0.15) is 0 Å². The van der Waals surface area contributed by atoms with E-state index in [1.54, 1.807) is 0 Å². The summed E-state index contributed by atoms with van der Waals surface area (Å²) in [6.07, 6.45) is 2.47. The molecule has 0 heterocycles. The molecule has 0 amide bonds. The van der Waals surface area contributed by atoms with Gasteiger partial charge in [0.15, 0.2) is 0 Å². The Morgan fingerprint density at radius 1 is 1.19 bits per heavy atom. The number of nitrogen functional groups attached to an aromatic ring is 1. The van der Waals surface area contributed by atoms with Gasteiger partial charge in [0.05, 0.1) is 0 Å². The number of nitrogens with zero attached hydrogens (tertiary/aromatic N) is 1. The van der Waals surface area contributed by atoms with Crippen molar-refractivity contribution in [2.24, 2.45) is 11.7 Å². The molecule has 0 fully saturated rings. The van der Waals surface area contributed by atoms with Gasteiger partial charge in [-0.3, -0.25) is 10.3 Å². The van der Waals surface area contributed by atoms with E-state index in [2.05, 4.69) is 25.7 Å². The van der Waals surface area contributed by atoms with Gasteiger partial charge in [-0.05, 0) is 36.7 Å². The summed E-state index contributed by atoms with van der Waals surface area (Å²) in [5, 5.41) is 7.36. The number of ether oxygens (including phenoxy) is 1. The molecule has 0 saturated heterocycles. The van der Waals surface area contributed by atoms with Crippen LogP contribution in [0.1, 0.15) is 39.2 Å². The minimum absolute atomic E-state index is 0.0869. The molecule has 0 unspecified atom stereocenters. The molecule has 0 atom stereocenters. The molecule has 0 radical (unpaired) electrons. The van der Waals surface area contributed by atoms with Gasteiger partial charge in [-0.1, -0.05) is 33.6 Å². The predicted molar refractivity (Wildman–Crippen MR) is 89.1 cm³/mol. The molecule has 0 aliphatic rings. The average molecular weight is 291 g/mol. The van der Waals surface area contributed by atoms with Crippen molar-refractivity contribution >= 4 is 5.84 Å². The molecular formula is C17H29N3O. The van der Waals surface area contributed by atoms with Gasteiger partial charge >= 0.3 is 0 Å². The topological polar surface area (TPSA) is 62.3 Å². The maximum atomic E-state index is 7.36. The molecule has 4 nitrogen and oxygen atoms in total. The van der Waals surface area contributed by atoms with E-state index in [9.17, 15) is 0 Å². The summed E-state index contributed by atoms with van der Waals surface area (Å²) < 4.78 is 5.77. The SMILES string of the molecule is CCC(CC)CN(CC)CCOc1ccc(C(=N)N)cc1. The second-order valence-corrected chi connectivity index (χ2v) is 5.36. The number of benzene rings is 1. The first-order valence-electron chi connectivity index (χ1n) is 7.90. The van der Waals surface area contributed by atoms with Crippen LogP contribution in [0.5, 0.6) is 5.75 Å². The molecule has 21 heavy (non-hydrogen) atoms. The third-order valence-electron chi connectivity index (χ3n) is 3.96. The lowest BCUT2D eigenvalue weighted by molar-refractivity contribution is 0.188. The van der Waals surface area contributed by atoms with Gasteiger partial charge in [-0.15, -0.1) is 0 Å². The van der Waals surface area contributed by atoms with Crippen LogP contribution in [0.2, 0.25) is 0 Å². The highest BCUT2D eigenvalue weighted by atomic mass is 16.5. The first-order chi connectivity index (χ1) is 10.1. The lowest BCUT2D eigenvalue weighted by Gasteiger charge is -2.25. The average Bonchev–Trinajstić information content (AvgIpc) is 2.51. The van der Waals surface area contributed by atoms with Crippen molar-refractivity contribution in [2.45, 2.75) is 33.6 Å². The summed E-state index contributed by atoms with van der Waals surface area (Å²) in [5.74, 6) is 1.70. The highest BCUT2D eigenvalue weighted by Gasteiger charge is 2.09. The quantitative estimate of drug-likeness (QED) is 0.514. The fraction of sp³-hybridized carbons (Fsp3) is 0.588. The summed E-state index contributed by atoms with van der Waals surface area (Å²) in [7, 11) is 0. The third kappa shape index (κ3) is 6.17. The number of rotatable bonds is 10. The Morgan fingerprint density at radius 2 is 1.81 bits per heavy atom. The van der Waals surface area contributed by atoms with Crippen molar-refractivity contribution in [3.63, 3.8) is 0 Å². The number of nitrogens with two attached hydrogens (primary N) is 1. The second-order valence-electron chi connectivity index (χ2n) is 5.36. The molecule has 1 aromatic rings. The number of hydrogen-bond acceptors (Lipinski definition) is 3. The zero-order valence-corrected chi connectivity index (χ0v) is 13.6. The third-order valence-corrected chi connectivity index (χ3v) is 3.96. The van der Waals surface area contributed by atoms with Crippen LogP contribution >= 0.6 is 0 Å². The van der Waals surface area contributed by atoms with Crippen LogP contribution in [-0.2, 0) is 0 Å². The van der Waals surface area contributed by atoms with E-state index in [4.69, 9.17) is 15.9 Å². The van der Waals surface area contributed by atoms with E-state index >= 15 is 0 Å². The maximum absolute atomic E-state index is 7.36. The zero-order valence-electron chi connectivity index (χ0n) is 13.6. The first kappa shape index (κ1) is 17.5. The number of hydrogen-bond donors (Lipinski definition) is 2. The lowest BCUT2D eigenvalue weighted by Crippen LogP contribution is -2.32. The molecule has 0 saturated carbocycles. The van der Waals surface area contributed by atoms with Gasteiger partial charge in [0.25, 0.3) is 0 Å². The number of likely N-dealkylation sites (N-methyl/N-ethyl adjacent to an activating group) is 1. The summed E-state index contributed by atoms with van der Waals surface area (Å²) in [4.78, 5) is 2.45. The summed E-state index contributed by atoms with van der Waals surface area (Å²) in [6, 6.07) is 7.38. The largest absolute Gasteiger partial charge is 0.492 e. The molecule has 0 aliphatic heterocycles. The van der Waals surface area contributed by atoms with Gasteiger partial charge < -0.3 is 10.5 Å². The van der Waals surface area contributed by atoms with Crippen LogP contribution in [0.4, 0.5) is 0 Å². The van der Waals surface area contributed by atoms with Crippen molar-refractivity contribution in [3.05, 3.63) is 29.8 Å². The van der Waals surface area contributed by atoms with Crippen LogP contribution in [0.3, 0.4) is 0 Å². The summed E-state index contributed by atoms with van der Waals surface area (Å²) in [5.41, 5.74) is 6.16. The Bertz CT molecular complexity index is 413. The van der Waals surface area contributed by atoms with Crippen molar-refractivity contribution in [1.82, 2.24) is 4.90 Å². The number of amidine groups is 1. The molecular weight excluding hydrogens is 262 g/mol. The van der Waals surface area contributed by atoms with Gasteiger partial charge in [0, 0.05) is 18.7 Å².